The van der Waals surface area contributed by atoms with E-state index >= 15 is 0 Å². The minimum Gasteiger partial charge on any atom is -0.316 e. The first-order valence-corrected chi connectivity index (χ1v) is 6.30. The quantitative estimate of drug-likeness (QED) is 0.741. The van der Waals surface area contributed by atoms with Crippen LogP contribution in [0.1, 0.15) is 37.6 Å². The fraction of sp³-hybridized carbons (Fsp3) is 0.583. The van der Waals surface area contributed by atoms with E-state index in [1.54, 1.807) is 11.3 Å². The summed E-state index contributed by atoms with van der Waals surface area (Å²) in [6, 6.07) is 0. The van der Waals surface area contributed by atoms with Crippen molar-refractivity contribution in [2.45, 2.75) is 32.6 Å². The van der Waals surface area contributed by atoms with Gasteiger partial charge in [-0.3, -0.25) is 0 Å². The van der Waals surface area contributed by atoms with E-state index in [0.717, 1.165) is 6.54 Å². The van der Waals surface area contributed by atoms with Gasteiger partial charge >= 0.3 is 0 Å². The van der Waals surface area contributed by atoms with E-state index in [4.69, 9.17) is 0 Å². The molecule has 0 amide bonds. The van der Waals surface area contributed by atoms with Crippen molar-refractivity contribution in [3.8, 4) is 0 Å². The second-order valence-electron chi connectivity index (χ2n) is 4.12. The molecule has 84 valence electrons. The average molecular weight is 224 g/mol. The average Bonchev–Trinajstić information content (AvgIpc) is 2.71. The lowest BCUT2D eigenvalue weighted by Crippen LogP contribution is -2.28. The molecule has 0 radical (unpaired) electrons. The second kappa shape index (κ2) is 6.75. The Balaban J connectivity index is 0.000000245. The fourth-order valence-corrected chi connectivity index (χ4v) is 2.28. The molecule has 1 aliphatic heterocycles. The maximum absolute atomic E-state index is 4.32. The molecule has 15 heavy (non-hydrogen) atoms. The molecule has 1 fully saturated rings. The van der Waals surface area contributed by atoms with Crippen molar-refractivity contribution in [2.24, 2.45) is 0 Å². The van der Waals surface area contributed by atoms with Crippen LogP contribution in [0.3, 0.4) is 0 Å². The van der Waals surface area contributed by atoms with Gasteiger partial charge in [-0.15, -0.1) is 17.9 Å². The van der Waals surface area contributed by atoms with Gasteiger partial charge in [-0.1, -0.05) is 5.57 Å². The van der Waals surface area contributed by atoms with Crippen LogP contribution in [-0.2, 0) is 0 Å². The Morgan fingerprint density at radius 3 is 2.80 bits per heavy atom. The van der Waals surface area contributed by atoms with Gasteiger partial charge in [-0.2, -0.15) is 0 Å². The third-order valence-electron chi connectivity index (χ3n) is 2.10. The zero-order valence-corrected chi connectivity index (χ0v) is 10.4. The molecule has 3 heteroatoms. The monoisotopic (exact) mass is 224 g/mol. The molecule has 1 aromatic rings. The highest BCUT2D eigenvalue weighted by Crippen LogP contribution is 2.24. The van der Waals surface area contributed by atoms with Gasteiger partial charge < -0.3 is 5.32 Å². The lowest BCUT2D eigenvalue weighted by atomic mass is 10.0. The lowest BCUT2D eigenvalue weighted by molar-refractivity contribution is 0.460. The molecule has 0 saturated carbocycles. The minimum atomic E-state index is 0.684. The number of nitrogens with one attached hydrogen (secondary N) is 1. The number of hydrogen-bond acceptors (Lipinski definition) is 3. The molecule has 1 saturated heterocycles. The molecule has 1 aromatic heterocycles. The Morgan fingerprint density at radius 1 is 1.60 bits per heavy atom. The molecule has 0 aliphatic carbocycles. The molecule has 1 N–H and O–H groups in total. The molecular formula is C12H20N2S. The van der Waals surface area contributed by atoms with Crippen molar-refractivity contribution < 1.29 is 0 Å². The van der Waals surface area contributed by atoms with E-state index in [-0.39, 0.29) is 0 Å². The zero-order valence-electron chi connectivity index (χ0n) is 9.62. The number of thiazole rings is 1. The van der Waals surface area contributed by atoms with Crippen LogP contribution in [0.25, 0.3) is 0 Å². The van der Waals surface area contributed by atoms with Crippen LogP contribution in [0.4, 0.5) is 0 Å². The van der Waals surface area contributed by atoms with Gasteiger partial charge in [0.05, 0.1) is 5.01 Å². The van der Waals surface area contributed by atoms with Gasteiger partial charge in [0.15, 0.2) is 0 Å². The van der Waals surface area contributed by atoms with E-state index in [9.17, 15) is 0 Å². The SMILES string of the molecule is C=C(C)C.c1csc(C2CCCNC2)n1. The van der Waals surface area contributed by atoms with Crippen LogP contribution in [0.2, 0.25) is 0 Å². The van der Waals surface area contributed by atoms with Crippen LogP contribution in [0.15, 0.2) is 23.7 Å². The van der Waals surface area contributed by atoms with Crippen molar-refractivity contribution in [1.29, 1.82) is 0 Å². The third kappa shape index (κ3) is 5.09. The Morgan fingerprint density at radius 2 is 2.33 bits per heavy atom. The van der Waals surface area contributed by atoms with Gasteiger partial charge in [0.25, 0.3) is 0 Å². The Hall–Kier alpha value is -0.670. The molecule has 0 spiro atoms. The maximum Gasteiger partial charge on any atom is 0.0968 e. The lowest BCUT2D eigenvalue weighted by Gasteiger charge is -2.20. The second-order valence-corrected chi connectivity index (χ2v) is 5.05. The Labute approximate surface area is 96.4 Å². The first kappa shape index (κ1) is 12.4. The molecule has 2 nitrogen and oxygen atoms in total. The van der Waals surface area contributed by atoms with Crippen molar-refractivity contribution in [3.05, 3.63) is 28.7 Å². The first-order chi connectivity index (χ1) is 7.20. The van der Waals surface area contributed by atoms with Crippen LogP contribution < -0.4 is 5.32 Å². The normalized spacial score (nSPS) is 20.3. The number of aromatic nitrogens is 1. The van der Waals surface area contributed by atoms with Crippen molar-refractivity contribution in [3.63, 3.8) is 0 Å². The number of rotatable bonds is 1. The molecule has 2 rings (SSSR count). The summed E-state index contributed by atoms with van der Waals surface area (Å²) in [5, 5.41) is 6.75. The predicted molar refractivity (Wildman–Crippen MR) is 67.4 cm³/mol. The smallest absolute Gasteiger partial charge is 0.0968 e. The largest absolute Gasteiger partial charge is 0.316 e. The topological polar surface area (TPSA) is 24.9 Å². The summed E-state index contributed by atoms with van der Waals surface area (Å²) >= 11 is 1.78. The van der Waals surface area contributed by atoms with Crippen molar-refractivity contribution in [2.75, 3.05) is 13.1 Å². The molecule has 0 bridgehead atoms. The summed E-state index contributed by atoms with van der Waals surface area (Å²) in [4.78, 5) is 4.32. The van der Waals surface area contributed by atoms with Crippen LogP contribution >= 0.6 is 11.3 Å². The third-order valence-corrected chi connectivity index (χ3v) is 3.04. The first-order valence-electron chi connectivity index (χ1n) is 5.42. The Kier molecular flexibility index (Phi) is 5.58. The summed E-state index contributed by atoms with van der Waals surface area (Å²) in [7, 11) is 0. The predicted octanol–water partition coefficient (Wildman–Crippen LogP) is 3.19. The van der Waals surface area contributed by atoms with Gasteiger partial charge in [0, 0.05) is 24.0 Å². The zero-order chi connectivity index (χ0) is 11.1. The van der Waals surface area contributed by atoms with Gasteiger partial charge in [-0.25, -0.2) is 4.98 Å². The number of hydrogen-bond donors (Lipinski definition) is 1. The van der Waals surface area contributed by atoms with Crippen LogP contribution in [-0.4, -0.2) is 18.1 Å². The summed E-state index contributed by atoms with van der Waals surface area (Å²) in [5.41, 5.74) is 1.17. The molecule has 1 unspecified atom stereocenters. The van der Waals surface area contributed by atoms with Crippen molar-refractivity contribution >= 4 is 11.3 Å². The minimum absolute atomic E-state index is 0.684. The van der Waals surface area contributed by atoms with Gasteiger partial charge in [-0.05, 0) is 33.2 Å². The van der Waals surface area contributed by atoms with Crippen LogP contribution in [0, 0.1) is 0 Å². The maximum atomic E-state index is 4.32. The van der Waals surface area contributed by atoms with Gasteiger partial charge in [0.1, 0.15) is 0 Å². The highest BCUT2D eigenvalue weighted by atomic mass is 32.1. The molecule has 0 aromatic carbocycles. The van der Waals surface area contributed by atoms with Crippen molar-refractivity contribution in [1.82, 2.24) is 10.3 Å². The van der Waals surface area contributed by atoms with Gasteiger partial charge in [0.2, 0.25) is 0 Å². The molecule has 1 atom stereocenters. The summed E-state index contributed by atoms with van der Waals surface area (Å²) in [5.74, 6) is 0.684. The van der Waals surface area contributed by atoms with E-state index in [0.29, 0.717) is 5.92 Å². The number of nitrogens with zero attached hydrogens (tertiary/aromatic N) is 1. The van der Waals surface area contributed by atoms with E-state index in [1.807, 2.05) is 20.0 Å². The molecule has 1 aliphatic rings. The van der Waals surface area contributed by atoms with Crippen LogP contribution in [0.5, 0.6) is 0 Å². The number of allylic oxidation sites excluding steroid dienone is 1. The molecule has 2 heterocycles. The summed E-state index contributed by atoms with van der Waals surface area (Å²) in [6.07, 6.45) is 4.50. The highest BCUT2D eigenvalue weighted by Gasteiger charge is 2.16. The number of piperidine rings is 1. The Bertz CT molecular complexity index is 270. The summed E-state index contributed by atoms with van der Waals surface area (Å²) < 4.78 is 0. The van der Waals surface area contributed by atoms with E-state index < -0.39 is 0 Å². The molecular weight excluding hydrogens is 204 g/mol. The standard InChI is InChI=1S/C8H12N2S.C4H8/c1-2-7(6-9-3-1)8-10-4-5-11-8;1-4(2)3/h4-5,7,9H,1-3,6H2;1H2,2-3H3. The fourth-order valence-electron chi connectivity index (χ4n) is 1.50. The van der Waals surface area contributed by atoms with E-state index in [2.05, 4.69) is 22.3 Å². The highest BCUT2D eigenvalue weighted by molar-refractivity contribution is 7.09. The summed E-state index contributed by atoms with van der Waals surface area (Å²) in [6.45, 7) is 9.80. The van der Waals surface area contributed by atoms with E-state index in [1.165, 1.54) is 30.0 Å².